The molecule has 0 radical (unpaired) electrons. The summed E-state index contributed by atoms with van der Waals surface area (Å²) in [4.78, 5) is 44.2. The SMILES string of the molecule is C[C@@H]1Oc2nc(-c3cc(NC(=O)OC(C)(C)C)cc4ccc(F)c(F)c34)c(F)c3nc(OCC4(COS(C)(=O)=O)CC4)nc(c23)N2C[C@H]3CC[C@@H]([C@@H]12)N3C(=O)OC(C)(C)C. The number of anilines is 2. The number of nitrogens with zero attached hydrogens (tertiary/aromatic N) is 5. The number of carbonyl (C=O) groups excluding carboxylic acids is 2. The number of halogens is 3. The van der Waals surface area contributed by atoms with Gasteiger partial charge in [-0.15, -0.1) is 0 Å². The van der Waals surface area contributed by atoms with Gasteiger partial charge < -0.3 is 23.8 Å². The molecular formula is C41H47F3N6O9S. The molecule has 2 saturated heterocycles. The van der Waals surface area contributed by atoms with Crippen LogP contribution in [0.3, 0.4) is 0 Å². The predicted molar refractivity (Wildman–Crippen MR) is 214 cm³/mol. The third-order valence-electron chi connectivity index (χ3n) is 11.0. The van der Waals surface area contributed by atoms with Gasteiger partial charge in [0.15, 0.2) is 17.5 Å². The van der Waals surface area contributed by atoms with E-state index in [0.717, 1.165) is 12.3 Å². The first-order valence-corrected chi connectivity index (χ1v) is 21.6. The second-order valence-corrected chi connectivity index (χ2v) is 19.8. The maximum Gasteiger partial charge on any atom is 0.412 e. The number of ether oxygens (including phenoxy) is 4. The number of nitrogens with one attached hydrogen (secondary N) is 1. The molecule has 0 unspecified atom stereocenters. The van der Waals surface area contributed by atoms with Crippen LogP contribution in [0.4, 0.5) is 34.3 Å². The van der Waals surface area contributed by atoms with E-state index in [4.69, 9.17) is 28.1 Å². The number of pyridine rings is 1. The Morgan fingerprint density at radius 2 is 1.67 bits per heavy atom. The molecule has 2 amide bonds. The third kappa shape index (κ3) is 8.04. The van der Waals surface area contributed by atoms with E-state index in [1.807, 2.05) is 4.90 Å². The van der Waals surface area contributed by atoms with Crippen LogP contribution in [-0.4, -0.2) is 102 Å². The lowest BCUT2D eigenvalue weighted by molar-refractivity contribution is 0.000908. The van der Waals surface area contributed by atoms with Gasteiger partial charge in [0.05, 0.1) is 37.6 Å². The molecule has 322 valence electrons. The van der Waals surface area contributed by atoms with E-state index >= 15 is 8.78 Å². The molecule has 5 heterocycles. The largest absolute Gasteiger partial charge is 0.472 e. The van der Waals surface area contributed by atoms with Crippen molar-refractivity contribution in [1.29, 1.82) is 0 Å². The summed E-state index contributed by atoms with van der Waals surface area (Å²) in [5.41, 5.74) is -3.20. The summed E-state index contributed by atoms with van der Waals surface area (Å²) >= 11 is 0. The van der Waals surface area contributed by atoms with Crippen LogP contribution < -0.4 is 19.7 Å². The Morgan fingerprint density at radius 3 is 2.33 bits per heavy atom. The Bertz CT molecular complexity index is 2540. The highest BCUT2D eigenvalue weighted by atomic mass is 32.2. The fraction of sp³-hybridized carbons (Fsp3) is 0.537. The van der Waals surface area contributed by atoms with Crippen molar-refractivity contribution in [2.75, 3.05) is 36.2 Å². The van der Waals surface area contributed by atoms with Crippen LogP contribution >= 0.6 is 0 Å². The summed E-state index contributed by atoms with van der Waals surface area (Å²) < 4.78 is 101. The van der Waals surface area contributed by atoms with Gasteiger partial charge in [0, 0.05) is 28.6 Å². The molecule has 1 aliphatic carbocycles. The van der Waals surface area contributed by atoms with Gasteiger partial charge in [-0.3, -0.25) is 14.4 Å². The lowest BCUT2D eigenvalue weighted by Crippen LogP contribution is -2.65. The van der Waals surface area contributed by atoms with Crippen molar-refractivity contribution in [2.24, 2.45) is 5.41 Å². The highest BCUT2D eigenvalue weighted by molar-refractivity contribution is 7.85. The molecule has 19 heteroatoms. The van der Waals surface area contributed by atoms with Gasteiger partial charge in [-0.1, -0.05) is 6.07 Å². The summed E-state index contributed by atoms with van der Waals surface area (Å²) in [6.07, 6.45) is 1.40. The number of hydrogen-bond acceptors (Lipinski definition) is 13. The maximum atomic E-state index is 17.5. The zero-order valence-corrected chi connectivity index (χ0v) is 35.3. The van der Waals surface area contributed by atoms with Gasteiger partial charge in [-0.25, -0.2) is 27.7 Å². The van der Waals surface area contributed by atoms with E-state index in [0.29, 0.717) is 25.7 Å². The van der Waals surface area contributed by atoms with Crippen LogP contribution in [0.2, 0.25) is 0 Å². The zero-order chi connectivity index (χ0) is 43.3. The van der Waals surface area contributed by atoms with Crippen molar-refractivity contribution < 1.29 is 54.3 Å². The normalized spacial score (nSPS) is 21.9. The average Bonchev–Trinajstić information content (AvgIpc) is 3.86. The molecular weight excluding hydrogens is 810 g/mol. The summed E-state index contributed by atoms with van der Waals surface area (Å²) in [5, 5.41) is 2.48. The smallest absolute Gasteiger partial charge is 0.412 e. The number of rotatable bonds is 8. The Balaban J connectivity index is 1.29. The molecule has 4 atom stereocenters. The minimum absolute atomic E-state index is 0.0542. The van der Waals surface area contributed by atoms with Crippen LogP contribution in [-0.2, 0) is 23.8 Å². The highest BCUT2D eigenvalue weighted by Gasteiger charge is 2.54. The summed E-state index contributed by atoms with van der Waals surface area (Å²) in [7, 11) is -3.74. The van der Waals surface area contributed by atoms with E-state index in [9.17, 15) is 22.4 Å². The molecule has 4 aromatic rings. The molecule has 8 rings (SSSR count). The van der Waals surface area contributed by atoms with Crippen LogP contribution in [0.1, 0.15) is 74.1 Å². The number of carbonyl (C=O) groups is 2. The lowest BCUT2D eigenvalue weighted by atomic mass is 9.98. The molecule has 15 nitrogen and oxygen atoms in total. The molecule has 3 aliphatic heterocycles. The van der Waals surface area contributed by atoms with Gasteiger partial charge in [-0.2, -0.15) is 18.4 Å². The monoisotopic (exact) mass is 856 g/mol. The first kappa shape index (κ1) is 41.6. The Hall–Kier alpha value is -5.17. The second-order valence-electron chi connectivity index (χ2n) is 18.2. The second kappa shape index (κ2) is 14.5. The van der Waals surface area contributed by atoms with Gasteiger partial charge in [-0.05, 0) is 97.7 Å². The van der Waals surface area contributed by atoms with Gasteiger partial charge >= 0.3 is 18.2 Å². The molecule has 2 bridgehead atoms. The number of hydrogen-bond donors (Lipinski definition) is 1. The Labute approximate surface area is 345 Å². The average molecular weight is 857 g/mol. The van der Waals surface area contributed by atoms with Crippen molar-refractivity contribution in [2.45, 2.75) is 110 Å². The minimum atomic E-state index is -3.74. The van der Waals surface area contributed by atoms with E-state index in [1.54, 1.807) is 53.4 Å². The topological polar surface area (TPSA) is 172 Å². The number of fused-ring (bicyclic) bond motifs is 6. The number of amides is 2. The van der Waals surface area contributed by atoms with E-state index in [-0.39, 0.29) is 76.4 Å². The molecule has 2 aromatic carbocycles. The Kier molecular flexibility index (Phi) is 10.0. The zero-order valence-electron chi connectivity index (χ0n) is 34.5. The standard InChI is InChI=1S/C41H47F3N6O9S/c1-20-33-26-12-10-23(50(26)38(52)59-40(5,6)7)17-49(33)34-28-32(47-36(48-34)55-18-41(13-14-41)19-56-60(8,53)54)30(44)31(46-35(28)57-20)24-16-22(45-37(51)58-39(2,3)4)15-21-9-11-25(42)29(43)27(21)24/h9,11,15-16,20,23,26,33H,10,12-14,17-19H2,1-8H3,(H,45,51)/t20-,23+,26-,33+/m0/s1. The van der Waals surface area contributed by atoms with Crippen molar-refractivity contribution in [3.05, 3.63) is 41.7 Å². The quantitative estimate of drug-likeness (QED) is 0.173. The third-order valence-corrected chi connectivity index (χ3v) is 11.6. The highest BCUT2D eigenvalue weighted by Crippen LogP contribution is 2.49. The maximum absolute atomic E-state index is 17.5. The van der Waals surface area contributed by atoms with E-state index in [2.05, 4.69) is 15.3 Å². The number of benzene rings is 2. The van der Waals surface area contributed by atoms with Crippen molar-refractivity contribution in [3.63, 3.8) is 0 Å². The summed E-state index contributed by atoms with van der Waals surface area (Å²) in [6, 6.07) is 3.36. The van der Waals surface area contributed by atoms with Crippen molar-refractivity contribution >= 4 is 55.5 Å². The lowest BCUT2D eigenvalue weighted by Gasteiger charge is -2.48. The van der Waals surface area contributed by atoms with Gasteiger partial charge in [0.1, 0.15) is 39.7 Å². The number of aromatic nitrogens is 3. The van der Waals surface area contributed by atoms with Crippen molar-refractivity contribution in [3.8, 4) is 23.1 Å². The molecule has 1 N–H and O–H groups in total. The van der Waals surface area contributed by atoms with Crippen molar-refractivity contribution in [1.82, 2.24) is 19.9 Å². The summed E-state index contributed by atoms with van der Waals surface area (Å²) in [6.45, 7) is 12.3. The first-order valence-electron chi connectivity index (χ1n) is 19.7. The van der Waals surface area contributed by atoms with Crippen LogP contribution in [0.5, 0.6) is 11.9 Å². The Morgan fingerprint density at radius 1 is 0.950 bits per heavy atom. The fourth-order valence-corrected chi connectivity index (χ4v) is 8.76. The fourth-order valence-electron chi connectivity index (χ4n) is 8.30. The van der Waals surface area contributed by atoms with E-state index in [1.165, 1.54) is 18.2 Å². The molecule has 60 heavy (non-hydrogen) atoms. The summed E-state index contributed by atoms with van der Waals surface area (Å²) in [5.74, 6) is -3.41. The van der Waals surface area contributed by atoms with Crippen LogP contribution in [0.25, 0.3) is 32.9 Å². The van der Waals surface area contributed by atoms with E-state index < -0.39 is 80.3 Å². The molecule has 0 spiro atoms. The molecule has 1 saturated carbocycles. The number of piperazine rings is 1. The van der Waals surface area contributed by atoms with Gasteiger partial charge in [0.25, 0.3) is 10.1 Å². The van der Waals surface area contributed by atoms with Crippen LogP contribution in [0.15, 0.2) is 24.3 Å². The first-order chi connectivity index (χ1) is 28.0. The molecule has 2 aromatic heterocycles. The predicted octanol–water partition coefficient (Wildman–Crippen LogP) is 7.48. The minimum Gasteiger partial charge on any atom is -0.472 e. The van der Waals surface area contributed by atoms with Gasteiger partial charge in [0.2, 0.25) is 5.88 Å². The molecule has 4 aliphatic rings. The molecule has 3 fully saturated rings. The van der Waals surface area contributed by atoms with Crippen LogP contribution in [0, 0.1) is 22.9 Å².